The Balaban J connectivity index is 1.33. The molecule has 0 spiro atoms. The van der Waals surface area contributed by atoms with Crippen LogP contribution in [0.4, 0.5) is 0 Å². The monoisotopic (exact) mass is 615 g/mol. The van der Waals surface area contributed by atoms with Crippen LogP contribution in [0.25, 0.3) is 10.9 Å². The fraction of sp³-hybridized carbons (Fsp3) is 0.156. The maximum absolute atomic E-state index is 13.4. The van der Waals surface area contributed by atoms with Crippen molar-refractivity contribution in [3.8, 4) is 11.5 Å². The van der Waals surface area contributed by atoms with E-state index >= 15 is 0 Å². The first-order chi connectivity index (χ1) is 21.2. The Morgan fingerprint density at radius 3 is 2.09 bits per heavy atom. The number of benzene rings is 4. The molecule has 0 aliphatic rings. The number of sulfonamides is 1. The summed E-state index contributed by atoms with van der Waals surface area (Å²) in [5, 5.41) is 10.1. The Hall–Kier alpha value is -5.04. The predicted octanol–water partition coefficient (Wildman–Crippen LogP) is 3.95. The summed E-state index contributed by atoms with van der Waals surface area (Å²) in [6.07, 6.45) is -0.373. The van der Waals surface area contributed by atoms with Gasteiger partial charge in [-0.05, 0) is 60.5 Å². The molecule has 0 bridgehead atoms. The molecule has 0 aliphatic heterocycles. The van der Waals surface area contributed by atoms with Gasteiger partial charge in [-0.1, -0.05) is 60.7 Å². The number of rotatable bonds is 13. The zero-order valence-corrected chi connectivity index (χ0v) is 24.2. The standard InChI is InChI=1S/C32H29N3O8S/c36-30-27-13-7-8-14-29(27)35(22-42-21-23-9-3-1-4-10-23)32(39)34(30)20-19-28(31(37)38)33-44(40,41)26-17-15-25(16-18-26)43-24-11-5-2-6-12-24/h1-18,28,33H,19-22H2,(H,37,38). The van der Waals surface area contributed by atoms with Gasteiger partial charge in [-0.3, -0.25) is 18.7 Å². The van der Waals surface area contributed by atoms with Gasteiger partial charge >= 0.3 is 11.7 Å². The summed E-state index contributed by atoms with van der Waals surface area (Å²) in [6.45, 7) is -0.291. The third-order valence-electron chi connectivity index (χ3n) is 6.81. The van der Waals surface area contributed by atoms with Gasteiger partial charge < -0.3 is 14.6 Å². The van der Waals surface area contributed by atoms with Crippen LogP contribution < -0.4 is 20.7 Å². The van der Waals surface area contributed by atoms with Crippen molar-refractivity contribution in [1.29, 1.82) is 0 Å². The van der Waals surface area contributed by atoms with Crippen LogP contribution in [-0.4, -0.2) is 34.7 Å². The van der Waals surface area contributed by atoms with Gasteiger partial charge in [0.2, 0.25) is 10.0 Å². The van der Waals surface area contributed by atoms with Gasteiger partial charge in [-0.25, -0.2) is 13.2 Å². The molecular formula is C32H29N3O8S. The molecule has 1 atom stereocenters. The van der Waals surface area contributed by atoms with Crippen LogP contribution in [0.2, 0.25) is 0 Å². The summed E-state index contributed by atoms with van der Waals surface area (Å²) in [5.74, 6) is -0.500. The highest BCUT2D eigenvalue weighted by atomic mass is 32.2. The number of carboxylic acid groups (broad SMARTS) is 1. The fourth-order valence-electron chi connectivity index (χ4n) is 4.58. The van der Waals surface area contributed by atoms with Crippen molar-refractivity contribution in [3.05, 3.63) is 136 Å². The molecule has 2 N–H and O–H groups in total. The highest BCUT2D eigenvalue weighted by Crippen LogP contribution is 2.23. The number of carboxylic acids is 1. The van der Waals surface area contributed by atoms with Gasteiger partial charge in [0.25, 0.3) is 5.56 Å². The number of fused-ring (bicyclic) bond motifs is 1. The van der Waals surface area contributed by atoms with Crippen LogP contribution in [0.3, 0.4) is 0 Å². The Morgan fingerprint density at radius 2 is 1.41 bits per heavy atom. The minimum absolute atomic E-state index is 0.159. The number of hydrogen-bond acceptors (Lipinski definition) is 7. The number of nitrogens with zero attached hydrogens (tertiary/aromatic N) is 2. The number of carbonyl (C=O) groups is 1. The third-order valence-corrected chi connectivity index (χ3v) is 8.30. The molecule has 4 aromatic carbocycles. The average Bonchev–Trinajstić information content (AvgIpc) is 3.03. The van der Waals surface area contributed by atoms with E-state index < -0.39 is 33.3 Å². The molecule has 0 fully saturated rings. The molecule has 1 aromatic heterocycles. The molecule has 226 valence electrons. The molecule has 12 heteroatoms. The van der Waals surface area contributed by atoms with Gasteiger partial charge in [-0.15, -0.1) is 0 Å². The zero-order chi connectivity index (χ0) is 31.1. The molecule has 0 amide bonds. The van der Waals surface area contributed by atoms with Crippen LogP contribution in [0, 0.1) is 0 Å². The van der Waals surface area contributed by atoms with E-state index in [1.807, 2.05) is 36.4 Å². The second kappa shape index (κ2) is 13.5. The van der Waals surface area contributed by atoms with Gasteiger partial charge in [-0.2, -0.15) is 4.72 Å². The van der Waals surface area contributed by atoms with Crippen molar-refractivity contribution in [1.82, 2.24) is 13.9 Å². The lowest BCUT2D eigenvalue weighted by Crippen LogP contribution is -2.45. The smallest absolute Gasteiger partial charge is 0.333 e. The topological polar surface area (TPSA) is 146 Å². The van der Waals surface area contributed by atoms with E-state index in [9.17, 15) is 27.9 Å². The SMILES string of the molecule is O=C(O)C(CCn1c(=O)c2ccccc2n(COCc2ccccc2)c1=O)NS(=O)(=O)c1ccc(Oc2ccccc2)cc1. The van der Waals surface area contributed by atoms with E-state index in [0.717, 1.165) is 10.1 Å². The number of para-hydroxylation sites is 2. The molecule has 5 aromatic rings. The van der Waals surface area contributed by atoms with Crippen molar-refractivity contribution in [3.63, 3.8) is 0 Å². The Bertz CT molecular complexity index is 1970. The molecule has 0 radical (unpaired) electrons. The minimum Gasteiger partial charge on any atom is -0.480 e. The van der Waals surface area contributed by atoms with Crippen molar-refractivity contribution in [2.75, 3.05) is 0 Å². The number of ether oxygens (including phenoxy) is 2. The molecule has 0 saturated carbocycles. The van der Waals surface area contributed by atoms with E-state index in [4.69, 9.17) is 9.47 Å². The van der Waals surface area contributed by atoms with Crippen molar-refractivity contribution in [2.24, 2.45) is 0 Å². The number of hydrogen-bond donors (Lipinski definition) is 2. The van der Waals surface area contributed by atoms with Crippen LogP contribution in [-0.2, 0) is 39.4 Å². The molecule has 44 heavy (non-hydrogen) atoms. The average molecular weight is 616 g/mol. The minimum atomic E-state index is -4.28. The van der Waals surface area contributed by atoms with Gasteiger partial charge in [0, 0.05) is 6.54 Å². The van der Waals surface area contributed by atoms with Gasteiger partial charge in [0.1, 0.15) is 24.3 Å². The lowest BCUT2D eigenvalue weighted by molar-refractivity contribution is -0.139. The van der Waals surface area contributed by atoms with Crippen LogP contribution >= 0.6 is 0 Å². The Morgan fingerprint density at radius 1 is 0.795 bits per heavy atom. The van der Waals surface area contributed by atoms with Crippen molar-refractivity contribution < 1.29 is 27.8 Å². The summed E-state index contributed by atoms with van der Waals surface area (Å²) < 4.78 is 41.9. The maximum Gasteiger partial charge on any atom is 0.333 e. The van der Waals surface area contributed by atoms with Crippen molar-refractivity contribution >= 4 is 26.9 Å². The lowest BCUT2D eigenvalue weighted by Gasteiger charge is -2.17. The summed E-state index contributed by atoms with van der Waals surface area (Å²) in [5.41, 5.74) is -0.0659. The van der Waals surface area contributed by atoms with Crippen LogP contribution in [0.1, 0.15) is 12.0 Å². The second-order valence-electron chi connectivity index (χ2n) is 9.84. The van der Waals surface area contributed by atoms with Gasteiger partial charge in [0.05, 0.1) is 22.4 Å². The summed E-state index contributed by atoms with van der Waals surface area (Å²) >= 11 is 0. The van der Waals surface area contributed by atoms with E-state index in [1.54, 1.807) is 48.5 Å². The quantitative estimate of drug-likeness (QED) is 0.203. The molecular weight excluding hydrogens is 586 g/mol. The van der Waals surface area contributed by atoms with E-state index in [2.05, 4.69) is 4.72 Å². The van der Waals surface area contributed by atoms with Crippen LogP contribution in [0.5, 0.6) is 11.5 Å². The van der Waals surface area contributed by atoms with Crippen molar-refractivity contribution in [2.45, 2.75) is 37.2 Å². The number of aliphatic carboxylic acids is 1. The number of nitrogens with one attached hydrogen (secondary N) is 1. The highest BCUT2D eigenvalue weighted by Gasteiger charge is 2.26. The predicted molar refractivity (Wildman–Crippen MR) is 163 cm³/mol. The molecule has 1 unspecified atom stereocenters. The largest absolute Gasteiger partial charge is 0.480 e. The first-order valence-electron chi connectivity index (χ1n) is 13.6. The Kier molecular flexibility index (Phi) is 9.34. The van der Waals surface area contributed by atoms with Crippen LogP contribution in [0.15, 0.2) is 124 Å². The molecule has 0 aliphatic carbocycles. The molecule has 1 heterocycles. The lowest BCUT2D eigenvalue weighted by atomic mass is 10.2. The zero-order valence-electron chi connectivity index (χ0n) is 23.4. The van der Waals surface area contributed by atoms with Gasteiger partial charge in [0.15, 0.2) is 0 Å². The summed E-state index contributed by atoms with van der Waals surface area (Å²) in [7, 11) is -4.28. The van der Waals surface area contributed by atoms with E-state index in [1.165, 1.54) is 28.8 Å². The van der Waals surface area contributed by atoms with E-state index in [0.29, 0.717) is 17.0 Å². The molecule has 0 saturated heterocycles. The third kappa shape index (κ3) is 7.11. The highest BCUT2D eigenvalue weighted by molar-refractivity contribution is 7.89. The fourth-order valence-corrected chi connectivity index (χ4v) is 5.80. The summed E-state index contributed by atoms with van der Waals surface area (Å²) in [4.78, 5) is 38.6. The number of aromatic nitrogens is 2. The molecule has 5 rings (SSSR count). The molecule has 11 nitrogen and oxygen atoms in total. The first kappa shape index (κ1) is 30.4. The van der Waals surface area contributed by atoms with E-state index in [-0.39, 0.29) is 36.6 Å². The maximum atomic E-state index is 13.4. The Labute approximate surface area is 252 Å². The normalized spacial score (nSPS) is 12.2. The summed E-state index contributed by atoms with van der Waals surface area (Å²) in [6, 6.07) is 28.7. The first-order valence-corrected chi connectivity index (χ1v) is 15.1. The second-order valence-corrected chi connectivity index (χ2v) is 11.5.